The Morgan fingerprint density at radius 1 is 0.968 bits per heavy atom. The summed E-state index contributed by atoms with van der Waals surface area (Å²) in [7, 11) is 1.29. The maximum absolute atomic E-state index is 12.6. The molecule has 0 radical (unpaired) electrons. The van der Waals surface area contributed by atoms with Gasteiger partial charge in [-0.2, -0.15) is 13.2 Å². The fourth-order valence-corrected chi connectivity index (χ4v) is 3.45. The van der Waals surface area contributed by atoms with Gasteiger partial charge in [-0.05, 0) is 73.6 Å². The third-order valence-electron chi connectivity index (χ3n) is 4.44. The molecule has 3 aromatic rings. The topological polar surface area (TPSA) is 75.2 Å². The van der Waals surface area contributed by atoms with Gasteiger partial charge in [0.25, 0.3) is 0 Å². The molecule has 1 heterocycles. The molecule has 0 spiro atoms. The number of halogens is 3. The molecule has 0 bridgehead atoms. The van der Waals surface area contributed by atoms with Gasteiger partial charge in [0.15, 0.2) is 0 Å². The summed E-state index contributed by atoms with van der Waals surface area (Å²) in [4.78, 5) is 37.2. The van der Waals surface area contributed by atoms with Gasteiger partial charge in [-0.3, -0.25) is 0 Å². The zero-order chi connectivity index (χ0) is 22.9. The monoisotopic (exact) mass is 453 g/mol. The minimum Gasteiger partial charge on any atom is -0.457 e. The largest absolute Gasteiger partial charge is 0.457 e. The van der Waals surface area contributed by atoms with Crippen LogP contribution in [0.5, 0.6) is 11.5 Å². The van der Waals surface area contributed by atoms with E-state index < -0.39 is 22.6 Å². The van der Waals surface area contributed by atoms with Crippen LogP contribution in [-0.2, 0) is 13.6 Å². The molecule has 7 nitrogen and oxygen atoms in total. The molecule has 0 aliphatic carbocycles. The van der Waals surface area contributed by atoms with Crippen molar-refractivity contribution < 1.29 is 17.9 Å². The first kappa shape index (κ1) is 22.5. The van der Waals surface area contributed by atoms with Crippen LogP contribution >= 0.6 is 11.8 Å². The molecule has 164 valence electrons. The standard InChI is InChI=1S/C20H18F3N3O4S/c1-4-25-17(27)24(3)18(28)26(19(25)29)13-5-10-16(12(2)11-13)30-14-6-8-15(9-7-14)31-20(21,22)23/h5-11H,4H2,1-3H3. The van der Waals surface area contributed by atoms with E-state index in [1.165, 1.54) is 43.4 Å². The summed E-state index contributed by atoms with van der Waals surface area (Å²) in [6.45, 7) is 3.42. The van der Waals surface area contributed by atoms with Crippen LogP contribution in [0.2, 0.25) is 0 Å². The van der Waals surface area contributed by atoms with Crippen molar-refractivity contribution >= 4 is 11.8 Å². The Hall–Kier alpha value is -3.21. The van der Waals surface area contributed by atoms with Crippen LogP contribution in [0, 0.1) is 6.92 Å². The van der Waals surface area contributed by atoms with Gasteiger partial charge in [-0.25, -0.2) is 28.1 Å². The highest BCUT2D eigenvalue weighted by molar-refractivity contribution is 8.00. The van der Waals surface area contributed by atoms with Gasteiger partial charge >= 0.3 is 22.6 Å². The third kappa shape index (κ3) is 4.76. The number of aryl methyl sites for hydroxylation is 1. The first-order chi connectivity index (χ1) is 14.5. The first-order valence-corrected chi connectivity index (χ1v) is 9.91. The van der Waals surface area contributed by atoms with E-state index >= 15 is 0 Å². The van der Waals surface area contributed by atoms with Crippen molar-refractivity contribution in [2.75, 3.05) is 0 Å². The summed E-state index contributed by atoms with van der Waals surface area (Å²) in [5.41, 5.74) is -5.75. The Kier molecular flexibility index (Phi) is 6.16. The normalized spacial score (nSPS) is 11.5. The second kappa shape index (κ2) is 8.50. The number of ether oxygens (including phenoxy) is 1. The second-order valence-corrected chi connectivity index (χ2v) is 7.70. The molecule has 3 rings (SSSR count). The number of hydrogen-bond acceptors (Lipinski definition) is 5. The molecule has 2 aromatic carbocycles. The lowest BCUT2D eigenvalue weighted by atomic mass is 10.2. The van der Waals surface area contributed by atoms with Crippen LogP contribution in [0.3, 0.4) is 0 Å². The van der Waals surface area contributed by atoms with Gasteiger partial charge in [0.05, 0.1) is 5.69 Å². The zero-order valence-corrected chi connectivity index (χ0v) is 17.6. The van der Waals surface area contributed by atoms with Crippen molar-refractivity contribution in [3.05, 3.63) is 79.5 Å². The summed E-state index contributed by atoms with van der Waals surface area (Å²) in [5, 5.41) is 0. The van der Waals surface area contributed by atoms with Crippen LogP contribution in [0.15, 0.2) is 61.7 Å². The van der Waals surface area contributed by atoms with Gasteiger partial charge in [-0.15, -0.1) is 0 Å². The lowest BCUT2D eigenvalue weighted by Gasteiger charge is -2.13. The minimum atomic E-state index is -4.37. The molecular weight excluding hydrogens is 435 g/mol. The van der Waals surface area contributed by atoms with Crippen LogP contribution in [-0.4, -0.2) is 19.2 Å². The molecule has 0 fully saturated rings. The average molecular weight is 453 g/mol. The van der Waals surface area contributed by atoms with E-state index in [1.54, 1.807) is 19.9 Å². The fraction of sp³-hybridized carbons (Fsp3) is 0.250. The molecule has 0 aliphatic heterocycles. The van der Waals surface area contributed by atoms with Gasteiger partial charge in [0.2, 0.25) is 0 Å². The van der Waals surface area contributed by atoms with Crippen LogP contribution in [0.1, 0.15) is 12.5 Å². The van der Waals surface area contributed by atoms with E-state index in [0.29, 0.717) is 17.1 Å². The summed E-state index contributed by atoms with van der Waals surface area (Å²) in [5.74, 6) is 0.726. The predicted molar refractivity (Wildman–Crippen MR) is 110 cm³/mol. The lowest BCUT2D eigenvalue weighted by Crippen LogP contribution is -2.52. The Labute approximate surface area is 178 Å². The Morgan fingerprint density at radius 2 is 1.61 bits per heavy atom. The second-order valence-electron chi connectivity index (χ2n) is 6.56. The van der Waals surface area contributed by atoms with E-state index in [1.807, 2.05) is 0 Å². The quantitative estimate of drug-likeness (QED) is 0.554. The van der Waals surface area contributed by atoms with Crippen LogP contribution in [0.4, 0.5) is 13.2 Å². The number of rotatable bonds is 5. The highest BCUT2D eigenvalue weighted by Crippen LogP contribution is 2.37. The van der Waals surface area contributed by atoms with Crippen molar-refractivity contribution in [2.24, 2.45) is 7.05 Å². The third-order valence-corrected chi connectivity index (χ3v) is 5.18. The lowest BCUT2D eigenvalue weighted by molar-refractivity contribution is -0.0328. The minimum absolute atomic E-state index is 0.0354. The van der Waals surface area contributed by atoms with Crippen molar-refractivity contribution in [2.45, 2.75) is 30.8 Å². The van der Waals surface area contributed by atoms with Gasteiger partial charge in [0, 0.05) is 18.5 Å². The van der Waals surface area contributed by atoms with E-state index in [0.717, 1.165) is 13.7 Å². The van der Waals surface area contributed by atoms with Crippen LogP contribution in [0.25, 0.3) is 5.69 Å². The molecule has 0 saturated carbocycles. The van der Waals surface area contributed by atoms with Crippen molar-refractivity contribution in [1.82, 2.24) is 13.7 Å². The highest BCUT2D eigenvalue weighted by Gasteiger charge is 2.29. The molecule has 0 saturated heterocycles. The molecule has 0 unspecified atom stereocenters. The van der Waals surface area contributed by atoms with E-state index in [9.17, 15) is 27.6 Å². The number of alkyl halides is 3. The number of aromatic nitrogens is 3. The molecular formula is C20H18F3N3O4S. The summed E-state index contributed by atoms with van der Waals surface area (Å²) < 4.78 is 45.7. The van der Waals surface area contributed by atoms with Crippen molar-refractivity contribution in [3.63, 3.8) is 0 Å². The molecule has 0 N–H and O–H groups in total. The average Bonchev–Trinajstić information content (AvgIpc) is 2.69. The SMILES string of the molecule is CCn1c(=O)n(C)c(=O)n(-c2ccc(Oc3ccc(SC(F)(F)F)cc3)c(C)c2)c1=O. The Bertz CT molecular complexity index is 1290. The molecule has 0 aliphatic rings. The van der Waals surface area contributed by atoms with E-state index in [-0.39, 0.29) is 28.9 Å². The number of nitrogens with zero attached hydrogens (tertiary/aromatic N) is 3. The Morgan fingerprint density at radius 3 is 2.16 bits per heavy atom. The molecule has 0 atom stereocenters. The van der Waals surface area contributed by atoms with Gasteiger partial charge in [0.1, 0.15) is 11.5 Å². The van der Waals surface area contributed by atoms with E-state index in [2.05, 4.69) is 0 Å². The summed E-state index contributed by atoms with van der Waals surface area (Å²) in [6.07, 6.45) is 0. The number of benzene rings is 2. The van der Waals surface area contributed by atoms with Crippen molar-refractivity contribution in [1.29, 1.82) is 0 Å². The maximum Gasteiger partial charge on any atom is 0.446 e. The molecule has 11 heteroatoms. The predicted octanol–water partition coefficient (Wildman–Crippen LogP) is 3.43. The molecule has 31 heavy (non-hydrogen) atoms. The van der Waals surface area contributed by atoms with Gasteiger partial charge in [-0.1, -0.05) is 0 Å². The smallest absolute Gasteiger partial charge is 0.446 e. The summed E-state index contributed by atoms with van der Waals surface area (Å²) >= 11 is -0.218. The number of hydrogen-bond donors (Lipinski definition) is 0. The fourth-order valence-electron chi connectivity index (χ4n) is 2.91. The molecule has 0 amide bonds. The van der Waals surface area contributed by atoms with E-state index in [4.69, 9.17) is 4.74 Å². The van der Waals surface area contributed by atoms with Gasteiger partial charge < -0.3 is 4.74 Å². The molecule has 1 aromatic heterocycles. The highest BCUT2D eigenvalue weighted by atomic mass is 32.2. The Balaban J connectivity index is 1.93. The zero-order valence-electron chi connectivity index (χ0n) is 16.8. The first-order valence-electron chi connectivity index (χ1n) is 9.09. The van der Waals surface area contributed by atoms with Crippen molar-refractivity contribution in [3.8, 4) is 17.2 Å². The maximum atomic E-state index is 12.6. The van der Waals surface area contributed by atoms with Crippen LogP contribution < -0.4 is 21.8 Å². The number of thioether (sulfide) groups is 1. The summed E-state index contributed by atoms with van der Waals surface area (Å²) in [6, 6.07) is 10.0.